The van der Waals surface area contributed by atoms with E-state index in [1.54, 1.807) is 54.6 Å². The standard InChI is InChI=1S/C24H20ClN3O4S/c25-20-9-2-3-10-22(20)27-33(31,32)15-12-13-21-19(14-15)16-7-5-8-17(16)24(26-21)18-6-1-4-11-23(18)28(29)30/h1-7,9-14,16-17,24,26-27H,8H2/t16-,17+,24-/m0/s1. The Balaban J connectivity index is 1.52. The van der Waals surface area contributed by atoms with Crippen LogP contribution in [0.2, 0.25) is 5.02 Å². The van der Waals surface area contributed by atoms with Gasteiger partial charge in [-0.2, -0.15) is 0 Å². The van der Waals surface area contributed by atoms with Gasteiger partial charge in [0.05, 0.1) is 32.1 Å². The summed E-state index contributed by atoms with van der Waals surface area (Å²) < 4.78 is 28.7. The van der Waals surface area contributed by atoms with Crippen LogP contribution >= 0.6 is 11.6 Å². The van der Waals surface area contributed by atoms with Crippen LogP contribution in [-0.4, -0.2) is 13.3 Å². The SMILES string of the molecule is O=[N+]([O-])c1ccccc1[C@H]1Nc2ccc(S(=O)(=O)Nc3ccccc3Cl)cc2[C@H]2C=CC[C@H]21. The van der Waals surface area contributed by atoms with Crippen LogP contribution in [-0.2, 0) is 10.0 Å². The Morgan fingerprint density at radius 2 is 1.79 bits per heavy atom. The quantitative estimate of drug-likeness (QED) is 0.269. The second-order valence-electron chi connectivity index (χ2n) is 8.13. The van der Waals surface area contributed by atoms with Crippen LogP contribution in [0.5, 0.6) is 0 Å². The highest BCUT2D eigenvalue weighted by Gasteiger charge is 2.40. The Morgan fingerprint density at radius 1 is 1.03 bits per heavy atom. The van der Waals surface area contributed by atoms with Crippen LogP contribution < -0.4 is 10.0 Å². The molecule has 1 heterocycles. The highest BCUT2D eigenvalue weighted by molar-refractivity contribution is 7.92. The molecule has 0 bridgehead atoms. The molecule has 0 saturated carbocycles. The van der Waals surface area contributed by atoms with Gasteiger partial charge in [-0.05, 0) is 48.2 Å². The van der Waals surface area contributed by atoms with E-state index < -0.39 is 10.0 Å². The number of nitrogens with zero attached hydrogens (tertiary/aromatic N) is 1. The fourth-order valence-corrected chi connectivity index (χ4v) is 6.07. The normalized spacial score (nSPS) is 21.1. The number of fused-ring (bicyclic) bond motifs is 3. The molecular formula is C24H20ClN3O4S. The van der Waals surface area contributed by atoms with Gasteiger partial charge in [0.2, 0.25) is 0 Å². The molecule has 5 rings (SSSR count). The summed E-state index contributed by atoms with van der Waals surface area (Å²) in [6.07, 6.45) is 4.85. The first-order valence-electron chi connectivity index (χ1n) is 10.4. The molecule has 0 radical (unpaired) electrons. The highest BCUT2D eigenvalue weighted by atomic mass is 35.5. The molecule has 1 aliphatic heterocycles. The minimum Gasteiger partial charge on any atom is -0.377 e. The van der Waals surface area contributed by atoms with Crippen molar-refractivity contribution in [3.8, 4) is 0 Å². The smallest absolute Gasteiger partial charge is 0.274 e. The van der Waals surface area contributed by atoms with Crippen molar-refractivity contribution >= 4 is 38.7 Å². The summed E-state index contributed by atoms with van der Waals surface area (Å²) in [6.45, 7) is 0. The lowest BCUT2D eigenvalue weighted by Crippen LogP contribution is -2.30. The molecule has 33 heavy (non-hydrogen) atoms. The predicted octanol–water partition coefficient (Wildman–Crippen LogP) is 5.88. The average Bonchev–Trinajstić information content (AvgIpc) is 3.30. The number of para-hydroxylation sites is 2. The molecule has 3 aromatic rings. The van der Waals surface area contributed by atoms with Gasteiger partial charge in [0.25, 0.3) is 15.7 Å². The third-order valence-electron chi connectivity index (χ3n) is 6.23. The summed E-state index contributed by atoms with van der Waals surface area (Å²) in [6, 6.07) is 18.1. The minimum absolute atomic E-state index is 0.0353. The van der Waals surface area contributed by atoms with Crippen molar-refractivity contribution in [2.45, 2.75) is 23.3 Å². The molecule has 0 fully saturated rings. The molecule has 9 heteroatoms. The Bertz CT molecular complexity index is 1390. The summed E-state index contributed by atoms with van der Waals surface area (Å²) in [5.74, 6) is -0.0189. The molecule has 2 N–H and O–H groups in total. The molecule has 0 aromatic heterocycles. The predicted molar refractivity (Wildman–Crippen MR) is 128 cm³/mol. The summed E-state index contributed by atoms with van der Waals surface area (Å²) in [5.41, 5.74) is 2.63. The van der Waals surface area contributed by atoms with Crippen molar-refractivity contribution < 1.29 is 13.3 Å². The molecule has 3 atom stereocenters. The van der Waals surface area contributed by atoms with Gasteiger partial charge in [0.1, 0.15) is 0 Å². The zero-order valence-corrected chi connectivity index (χ0v) is 18.9. The number of hydrogen-bond acceptors (Lipinski definition) is 5. The Labute approximate surface area is 196 Å². The van der Waals surface area contributed by atoms with Crippen LogP contribution in [0.1, 0.15) is 29.5 Å². The summed E-state index contributed by atoms with van der Waals surface area (Å²) >= 11 is 6.12. The molecule has 2 aliphatic rings. The van der Waals surface area contributed by atoms with E-state index >= 15 is 0 Å². The van der Waals surface area contributed by atoms with Crippen LogP contribution in [0, 0.1) is 16.0 Å². The second kappa shape index (κ2) is 8.20. The Hall–Kier alpha value is -3.36. The Kier molecular flexibility index (Phi) is 5.34. The van der Waals surface area contributed by atoms with Gasteiger partial charge in [0.15, 0.2) is 0 Å². The van der Waals surface area contributed by atoms with Crippen LogP contribution in [0.4, 0.5) is 17.1 Å². The number of anilines is 2. The average molecular weight is 482 g/mol. The maximum atomic E-state index is 13.1. The van der Waals surface area contributed by atoms with E-state index in [1.165, 1.54) is 12.1 Å². The Morgan fingerprint density at radius 3 is 2.58 bits per heavy atom. The third-order valence-corrected chi connectivity index (χ3v) is 7.92. The summed E-state index contributed by atoms with van der Waals surface area (Å²) in [5, 5.41) is 15.4. The second-order valence-corrected chi connectivity index (χ2v) is 10.2. The summed E-state index contributed by atoms with van der Waals surface area (Å²) in [7, 11) is -3.86. The zero-order chi connectivity index (χ0) is 23.2. The minimum atomic E-state index is -3.86. The van der Waals surface area contributed by atoms with Gasteiger partial charge in [-0.25, -0.2) is 8.42 Å². The lowest BCUT2D eigenvalue weighted by Gasteiger charge is -2.37. The van der Waals surface area contributed by atoms with Crippen LogP contribution in [0.3, 0.4) is 0 Å². The number of sulfonamides is 1. The van der Waals surface area contributed by atoms with Gasteiger partial charge in [-0.3, -0.25) is 14.8 Å². The molecular weight excluding hydrogens is 462 g/mol. The largest absolute Gasteiger partial charge is 0.377 e. The van der Waals surface area contributed by atoms with Crippen LogP contribution in [0.15, 0.2) is 83.8 Å². The first-order valence-corrected chi connectivity index (χ1v) is 12.3. The van der Waals surface area contributed by atoms with Crippen molar-refractivity contribution in [3.05, 3.63) is 105 Å². The van der Waals surface area contributed by atoms with Crippen LogP contribution in [0.25, 0.3) is 0 Å². The number of nitro groups is 1. The van der Waals surface area contributed by atoms with E-state index in [0.29, 0.717) is 16.3 Å². The van der Waals surface area contributed by atoms with E-state index in [0.717, 1.165) is 17.7 Å². The van der Waals surface area contributed by atoms with Gasteiger partial charge in [-0.1, -0.05) is 54.1 Å². The maximum absolute atomic E-state index is 13.1. The number of hydrogen-bond donors (Lipinski definition) is 2. The molecule has 3 aromatic carbocycles. The van der Waals surface area contributed by atoms with Crippen molar-refractivity contribution in [1.29, 1.82) is 0 Å². The molecule has 0 saturated heterocycles. The fraction of sp³-hybridized carbons (Fsp3) is 0.167. The van der Waals surface area contributed by atoms with Crippen molar-refractivity contribution in [3.63, 3.8) is 0 Å². The maximum Gasteiger partial charge on any atom is 0.274 e. The first-order chi connectivity index (χ1) is 15.8. The zero-order valence-electron chi connectivity index (χ0n) is 17.3. The summed E-state index contributed by atoms with van der Waals surface area (Å²) in [4.78, 5) is 11.4. The van der Waals surface area contributed by atoms with E-state index in [-0.39, 0.29) is 33.4 Å². The lowest BCUT2D eigenvalue weighted by atomic mass is 9.76. The van der Waals surface area contributed by atoms with E-state index in [9.17, 15) is 18.5 Å². The van der Waals surface area contributed by atoms with Crippen molar-refractivity contribution in [2.75, 3.05) is 10.0 Å². The van der Waals surface area contributed by atoms with Crippen molar-refractivity contribution in [2.24, 2.45) is 5.92 Å². The van der Waals surface area contributed by atoms with Gasteiger partial charge in [0, 0.05) is 17.7 Å². The fourth-order valence-electron chi connectivity index (χ4n) is 4.71. The van der Waals surface area contributed by atoms with E-state index in [2.05, 4.69) is 22.2 Å². The number of halogens is 1. The van der Waals surface area contributed by atoms with E-state index in [4.69, 9.17) is 11.6 Å². The number of benzene rings is 3. The molecule has 168 valence electrons. The van der Waals surface area contributed by atoms with Gasteiger partial charge >= 0.3 is 0 Å². The van der Waals surface area contributed by atoms with Crippen molar-refractivity contribution in [1.82, 2.24) is 0 Å². The molecule has 0 unspecified atom stereocenters. The number of nitro benzene ring substituents is 1. The third kappa shape index (κ3) is 3.85. The molecule has 0 spiro atoms. The van der Waals surface area contributed by atoms with E-state index in [1.807, 2.05) is 0 Å². The monoisotopic (exact) mass is 481 g/mol. The first kappa shape index (κ1) is 21.5. The lowest BCUT2D eigenvalue weighted by molar-refractivity contribution is -0.385. The number of allylic oxidation sites excluding steroid dienone is 2. The molecule has 7 nitrogen and oxygen atoms in total. The van der Waals surface area contributed by atoms with Gasteiger partial charge in [-0.15, -0.1) is 0 Å². The van der Waals surface area contributed by atoms with Gasteiger partial charge < -0.3 is 5.32 Å². The highest BCUT2D eigenvalue weighted by Crippen LogP contribution is 2.51. The topological polar surface area (TPSA) is 101 Å². The molecule has 0 amide bonds. The molecule has 1 aliphatic carbocycles. The number of nitrogens with one attached hydrogen (secondary N) is 2. The number of rotatable bonds is 5.